The van der Waals surface area contributed by atoms with E-state index in [1.54, 1.807) is 7.05 Å². The number of nitrogens with one attached hydrogen (secondary N) is 2. The van der Waals surface area contributed by atoms with Crippen LogP contribution >= 0.6 is 0 Å². The van der Waals surface area contributed by atoms with Crippen LogP contribution in [0.2, 0.25) is 0 Å². The van der Waals surface area contributed by atoms with Crippen molar-refractivity contribution in [3.05, 3.63) is 29.8 Å². The standard InChI is InChI=1S/C14H22N2O2/c1-5-18-13-8-6-7-12(9-13)10(2)16-14(17)11(3)15-4/h6-11,15H,5H2,1-4H3,(H,16,17)/t10?,11-/m0/s1. The molecule has 2 atom stereocenters. The zero-order valence-electron chi connectivity index (χ0n) is 11.5. The van der Waals surface area contributed by atoms with Gasteiger partial charge in [-0.05, 0) is 45.5 Å². The van der Waals surface area contributed by atoms with Gasteiger partial charge in [0.2, 0.25) is 5.91 Å². The summed E-state index contributed by atoms with van der Waals surface area (Å²) >= 11 is 0. The van der Waals surface area contributed by atoms with Gasteiger partial charge in [0, 0.05) is 0 Å². The molecule has 0 fully saturated rings. The number of hydrogen-bond donors (Lipinski definition) is 2. The van der Waals surface area contributed by atoms with E-state index in [9.17, 15) is 4.79 Å². The number of ether oxygens (including phenoxy) is 1. The van der Waals surface area contributed by atoms with Crippen LogP contribution in [0.15, 0.2) is 24.3 Å². The molecule has 1 aromatic rings. The van der Waals surface area contributed by atoms with E-state index in [2.05, 4.69) is 10.6 Å². The van der Waals surface area contributed by atoms with Crippen molar-refractivity contribution in [2.45, 2.75) is 32.9 Å². The minimum atomic E-state index is -0.192. The molecular weight excluding hydrogens is 228 g/mol. The predicted molar refractivity (Wildman–Crippen MR) is 72.7 cm³/mol. The summed E-state index contributed by atoms with van der Waals surface area (Å²) in [5, 5.41) is 5.88. The second-order valence-electron chi connectivity index (χ2n) is 4.25. The summed E-state index contributed by atoms with van der Waals surface area (Å²) in [6.45, 7) is 6.39. The van der Waals surface area contributed by atoms with Gasteiger partial charge in [-0.1, -0.05) is 12.1 Å². The molecule has 0 aliphatic heterocycles. The quantitative estimate of drug-likeness (QED) is 0.810. The Morgan fingerprint density at radius 2 is 2.11 bits per heavy atom. The molecule has 1 aromatic carbocycles. The van der Waals surface area contributed by atoms with Crippen molar-refractivity contribution in [3.8, 4) is 5.75 Å². The maximum Gasteiger partial charge on any atom is 0.237 e. The number of carbonyl (C=O) groups is 1. The first-order chi connectivity index (χ1) is 8.58. The molecule has 0 bridgehead atoms. The van der Waals surface area contributed by atoms with Crippen LogP contribution in [0.25, 0.3) is 0 Å². The highest BCUT2D eigenvalue weighted by molar-refractivity contribution is 5.81. The molecule has 0 radical (unpaired) electrons. The summed E-state index contributed by atoms with van der Waals surface area (Å²) < 4.78 is 5.45. The Bertz CT molecular complexity index is 393. The summed E-state index contributed by atoms with van der Waals surface area (Å²) in [6.07, 6.45) is 0. The monoisotopic (exact) mass is 250 g/mol. The van der Waals surface area contributed by atoms with Gasteiger partial charge in [0.25, 0.3) is 0 Å². The fraction of sp³-hybridized carbons (Fsp3) is 0.500. The van der Waals surface area contributed by atoms with Gasteiger partial charge < -0.3 is 15.4 Å². The zero-order chi connectivity index (χ0) is 13.5. The van der Waals surface area contributed by atoms with Gasteiger partial charge >= 0.3 is 0 Å². The smallest absolute Gasteiger partial charge is 0.237 e. The van der Waals surface area contributed by atoms with E-state index >= 15 is 0 Å². The average molecular weight is 250 g/mol. The maximum atomic E-state index is 11.8. The van der Waals surface area contributed by atoms with Crippen molar-refractivity contribution in [2.24, 2.45) is 0 Å². The Hall–Kier alpha value is -1.55. The third kappa shape index (κ3) is 4.04. The second-order valence-corrected chi connectivity index (χ2v) is 4.25. The first-order valence-corrected chi connectivity index (χ1v) is 6.28. The molecule has 0 spiro atoms. The van der Waals surface area contributed by atoms with Crippen LogP contribution in [0.1, 0.15) is 32.4 Å². The largest absolute Gasteiger partial charge is 0.494 e. The molecule has 100 valence electrons. The van der Waals surface area contributed by atoms with Crippen LogP contribution in [-0.2, 0) is 4.79 Å². The van der Waals surface area contributed by atoms with Crippen LogP contribution in [0, 0.1) is 0 Å². The van der Waals surface area contributed by atoms with Crippen molar-refractivity contribution in [2.75, 3.05) is 13.7 Å². The van der Waals surface area contributed by atoms with Gasteiger partial charge in [0.15, 0.2) is 0 Å². The molecule has 0 heterocycles. The van der Waals surface area contributed by atoms with Crippen LogP contribution in [0.5, 0.6) is 5.75 Å². The molecule has 0 aromatic heterocycles. The summed E-state index contributed by atoms with van der Waals surface area (Å²) in [6, 6.07) is 7.56. The van der Waals surface area contributed by atoms with E-state index in [1.165, 1.54) is 0 Å². The number of hydrogen-bond acceptors (Lipinski definition) is 3. The minimum absolute atomic E-state index is 0.00758. The van der Waals surface area contributed by atoms with Gasteiger partial charge in [-0.15, -0.1) is 0 Å². The van der Waals surface area contributed by atoms with Gasteiger partial charge in [0.05, 0.1) is 18.7 Å². The minimum Gasteiger partial charge on any atom is -0.494 e. The fourth-order valence-electron chi connectivity index (χ4n) is 1.59. The van der Waals surface area contributed by atoms with E-state index in [1.807, 2.05) is 45.0 Å². The molecule has 2 N–H and O–H groups in total. The van der Waals surface area contributed by atoms with E-state index in [0.717, 1.165) is 11.3 Å². The van der Waals surface area contributed by atoms with Crippen LogP contribution < -0.4 is 15.4 Å². The van der Waals surface area contributed by atoms with Crippen LogP contribution in [-0.4, -0.2) is 25.6 Å². The van der Waals surface area contributed by atoms with E-state index < -0.39 is 0 Å². The molecule has 1 rings (SSSR count). The van der Waals surface area contributed by atoms with Gasteiger partial charge in [-0.3, -0.25) is 4.79 Å². The fourth-order valence-corrected chi connectivity index (χ4v) is 1.59. The Morgan fingerprint density at radius 1 is 1.39 bits per heavy atom. The van der Waals surface area contributed by atoms with Gasteiger partial charge in [-0.2, -0.15) is 0 Å². The average Bonchev–Trinajstić information content (AvgIpc) is 2.38. The van der Waals surface area contributed by atoms with Crippen molar-refractivity contribution < 1.29 is 9.53 Å². The Morgan fingerprint density at radius 3 is 2.72 bits per heavy atom. The lowest BCUT2D eigenvalue weighted by atomic mass is 10.1. The molecule has 0 aliphatic rings. The topological polar surface area (TPSA) is 50.4 Å². The van der Waals surface area contributed by atoms with Crippen molar-refractivity contribution in [3.63, 3.8) is 0 Å². The summed E-state index contributed by atoms with van der Waals surface area (Å²) in [7, 11) is 1.77. The highest BCUT2D eigenvalue weighted by atomic mass is 16.5. The number of likely N-dealkylation sites (N-methyl/N-ethyl adjacent to an activating group) is 1. The highest BCUT2D eigenvalue weighted by Gasteiger charge is 2.14. The summed E-state index contributed by atoms with van der Waals surface area (Å²) in [5.41, 5.74) is 1.04. The van der Waals surface area contributed by atoms with E-state index in [0.29, 0.717) is 6.61 Å². The number of carbonyl (C=O) groups excluding carboxylic acids is 1. The molecular formula is C14H22N2O2. The predicted octanol–water partition coefficient (Wildman–Crippen LogP) is 1.87. The summed E-state index contributed by atoms with van der Waals surface area (Å²) in [5.74, 6) is 0.824. The van der Waals surface area contributed by atoms with E-state index in [4.69, 9.17) is 4.74 Å². The van der Waals surface area contributed by atoms with Crippen molar-refractivity contribution in [1.82, 2.24) is 10.6 Å². The van der Waals surface area contributed by atoms with Gasteiger partial charge in [-0.25, -0.2) is 0 Å². The molecule has 0 aliphatic carbocycles. The second kappa shape index (κ2) is 7.01. The Labute approximate surface area is 109 Å². The first-order valence-electron chi connectivity index (χ1n) is 6.28. The SMILES string of the molecule is CCOc1cccc(C(C)NC(=O)[C@H](C)NC)c1. The highest BCUT2D eigenvalue weighted by Crippen LogP contribution is 2.19. The molecule has 1 unspecified atom stereocenters. The molecule has 0 saturated heterocycles. The lowest BCUT2D eigenvalue weighted by Crippen LogP contribution is -2.41. The molecule has 0 saturated carbocycles. The Balaban J connectivity index is 2.68. The molecule has 4 nitrogen and oxygen atoms in total. The molecule has 4 heteroatoms. The van der Waals surface area contributed by atoms with Crippen molar-refractivity contribution >= 4 is 5.91 Å². The number of benzene rings is 1. The van der Waals surface area contributed by atoms with Crippen LogP contribution in [0.3, 0.4) is 0 Å². The maximum absolute atomic E-state index is 11.8. The van der Waals surface area contributed by atoms with Crippen LogP contribution in [0.4, 0.5) is 0 Å². The number of amides is 1. The third-order valence-electron chi connectivity index (χ3n) is 2.85. The van der Waals surface area contributed by atoms with Gasteiger partial charge in [0.1, 0.15) is 5.75 Å². The molecule has 18 heavy (non-hydrogen) atoms. The Kier molecular flexibility index (Phi) is 5.65. The third-order valence-corrected chi connectivity index (χ3v) is 2.85. The first kappa shape index (κ1) is 14.5. The molecule has 1 amide bonds. The zero-order valence-corrected chi connectivity index (χ0v) is 11.5. The summed E-state index contributed by atoms with van der Waals surface area (Å²) in [4.78, 5) is 11.8. The van der Waals surface area contributed by atoms with Crippen molar-refractivity contribution in [1.29, 1.82) is 0 Å². The lowest BCUT2D eigenvalue weighted by Gasteiger charge is -2.18. The number of rotatable bonds is 6. The lowest BCUT2D eigenvalue weighted by molar-refractivity contribution is -0.123. The van der Waals surface area contributed by atoms with E-state index in [-0.39, 0.29) is 18.0 Å². The normalized spacial score (nSPS) is 13.8.